The zero-order valence-electron chi connectivity index (χ0n) is 20.9. The lowest BCUT2D eigenvalue weighted by molar-refractivity contribution is -0.133. The van der Waals surface area contributed by atoms with E-state index in [1.165, 1.54) is 20.3 Å². The number of methoxy groups -OCH3 is 2. The molecule has 0 spiro atoms. The van der Waals surface area contributed by atoms with Crippen molar-refractivity contribution < 1.29 is 42.2 Å². The molecule has 0 aromatic heterocycles. The number of carbonyl (C=O) groups is 2. The molecule has 1 aliphatic rings. The largest absolute Gasteiger partial charge is 0.493 e. The predicted octanol–water partition coefficient (Wildman–Crippen LogP) is 5.15. The molecule has 39 heavy (non-hydrogen) atoms. The highest BCUT2D eigenvalue weighted by atomic mass is 32.2. The van der Waals surface area contributed by atoms with Gasteiger partial charge in [0, 0.05) is 12.0 Å². The first-order valence-electron chi connectivity index (χ1n) is 11.7. The molecule has 2 N–H and O–H groups in total. The first-order chi connectivity index (χ1) is 18.6. The Morgan fingerprint density at radius 3 is 2.26 bits per heavy atom. The number of rotatable bonds is 8. The monoisotopic (exact) mass is 562 g/mol. The van der Waals surface area contributed by atoms with Crippen molar-refractivity contribution in [2.24, 2.45) is 0 Å². The second-order valence-corrected chi connectivity index (χ2v) is 9.68. The highest BCUT2D eigenvalue weighted by Gasteiger charge is 2.42. The molecule has 206 valence electrons. The molecular formula is C27H25F3N2O6S. The van der Waals surface area contributed by atoms with Gasteiger partial charge in [-0.05, 0) is 47.2 Å². The number of carbonyl (C=O) groups excluding carboxylic acids is 2. The van der Waals surface area contributed by atoms with Gasteiger partial charge in [0.25, 0.3) is 11.8 Å². The summed E-state index contributed by atoms with van der Waals surface area (Å²) in [5, 5.41) is 9.26. The van der Waals surface area contributed by atoms with E-state index in [-0.39, 0.29) is 34.9 Å². The van der Waals surface area contributed by atoms with E-state index in [2.05, 4.69) is 0 Å². The fourth-order valence-electron chi connectivity index (χ4n) is 4.40. The van der Waals surface area contributed by atoms with E-state index in [9.17, 15) is 28.0 Å². The minimum atomic E-state index is -4.65. The van der Waals surface area contributed by atoms with Crippen LogP contribution < -0.4 is 19.7 Å². The summed E-state index contributed by atoms with van der Waals surface area (Å²) in [4.78, 5) is 26.7. The van der Waals surface area contributed by atoms with E-state index in [1.54, 1.807) is 17.6 Å². The minimum Gasteiger partial charge on any atom is -0.493 e. The van der Waals surface area contributed by atoms with Crippen molar-refractivity contribution >= 4 is 23.6 Å². The summed E-state index contributed by atoms with van der Waals surface area (Å²) in [7, 11) is 2.43. The standard InChI is InChI=1S/C27H25F3N2O6S/c1-36-22-12-18(13-23(24(22)37-2)39-27(28,29)30)26(34)32-15-20(14-21(32)25(33)31-35)38-19-10-8-17(9-11-19)16-6-4-3-5-7-16/h3-13,20-21,35H,14-15H2,1-2H3,(H,31,33)/t20-,21-/m1/s1. The van der Waals surface area contributed by atoms with Gasteiger partial charge in [0.1, 0.15) is 17.9 Å². The van der Waals surface area contributed by atoms with Gasteiger partial charge >= 0.3 is 5.51 Å². The Balaban J connectivity index is 1.58. The van der Waals surface area contributed by atoms with Gasteiger partial charge in [-0.15, -0.1) is 0 Å². The average molecular weight is 563 g/mol. The number of ether oxygens (including phenoxy) is 3. The Bertz CT molecular complexity index is 1320. The predicted molar refractivity (Wildman–Crippen MR) is 137 cm³/mol. The molecule has 12 heteroatoms. The summed E-state index contributed by atoms with van der Waals surface area (Å²) in [5.41, 5.74) is -1.25. The zero-order valence-corrected chi connectivity index (χ0v) is 21.7. The van der Waals surface area contributed by atoms with E-state index in [1.807, 2.05) is 42.5 Å². The Morgan fingerprint density at radius 2 is 1.67 bits per heavy atom. The molecule has 0 saturated carbocycles. The molecule has 0 unspecified atom stereocenters. The fraction of sp³-hybridized carbons (Fsp3) is 0.259. The van der Waals surface area contributed by atoms with Crippen LogP contribution in [0.25, 0.3) is 11.1 Å². The topological polar surface area (TPSA) is 97.3 Å². The number of alkyl halides is 3. The summed E-state index contributed by atoms with van der Waals surface area (Å²) in [6, 6.07) is 18.2. The third-order valence-corrected chi connectivity index (χ3v) is 6.87. The molecule has 1 saturated heterocycles. The number of nitrogens with zero attached hydrogens (tertiary/aromatic N) is 1. The van der Waals surface area contributed by atoms with Crippen molar-refractivity contribution in [3.63, 3.8) is 0 Å². The number of nitrogens with one attached hydrogen (secondary N) is 1. The molecule has 2 atom stereocenters. The van der Waals surface area contributed by atoms with Gasteiger partial charge in [0.15, 0.2) is 11.5 Å². The van der Waals surface area contributed by atoms with Gasteiger partial charge < -0.3 is 19.1 Å². The van der Waals surface area contributed by atoms with E-state index in [4.69, 9.17) is 14.2 Å². The highest BCUT2D eigenvalue weighted by Crippen LogP contribution is 2.46. The molecule has 1 heterocycles. The minimum absolute atomic E-state index is 0.0482. The van der Waals surface area contributed by atoms with Crippen LogP contribution >= 0.6 is 11.8 Å². The van der Waals surface area contributed by atoms with Crippen molar-refractivity contribution in [1.82, 2.24) is 10.4 Å². The second kappa shape index (κ2) is 11.9. The van der Waals surface area contributed by atoms with Crippen LogP contribution in [-0.2, 0) is 4.79 Å². The van der Waals surface area contributed by atoms with Crippen molar-refractivity contribution in [3.8, 4) is 28.4 Å². The van der Waals surface area contributed by atoms with Gasteiger partial charge in [0.05, 0.1) is 25.7 Å². The van der Waals surface area contributed by atoms with E-state index >= 15 is 0 Å². The summed E-state index contributed by atoms with van der Waals surface area (Å²) in [6.07, 6.45) is -0.571. The van der Waals surface area contributed by atoms with Crippen molar-refractivity contribution in [2.45, 2.75) is 29.0 Å². The van der Waals surface area contributed by atoms with Crippen LogP contribution in [0.1, 0.15) is 16.8 Å². The molecule has 0 bridgehead atoms. The third-order valence-electron chi connectivity index (χ3n) is 6.12. The summed E-state index contributed by atoms with van der Waals surface area (Å²) in [5.74, 6) is -1.34. The van der Waals surface area contributed by atoms with Crippen LogP contribution in [0.5, 0.6) is 17.2 Å². The zero-order chi connectivity index (χ0) is 28.2. The van der Waals surface area contributed by atoms with Gasteiger partial charge in [-0.1, -0.05) is 42.5 Å². The maximum Gasteiger partial charge on any atom is 0.446 e. The molecule has 3 aromatic carbocycles. The molecule has 3 aromatic rings. The summed E-state index contributed by atoms with van der Waals surface area (Å²) >= 11 is -0.451. The van der Waals surface area contributed by atoms with Crippen LogP contribution in [-0.4, -0.2) is 60.3 Å². The fourth-order valence-corrected chi connectivity index (χ4v) is 5.11. The summed E-state index contributed by atoms with van der Waals surface area (Å²) in [6.45, 7) is -0.0482. The first kappa shape index (κ1) is 28.1. The van der Waals surface area contributed by atoms with Crippen molar-refractivity contribution in [2.75, 3.05) is 20.8 Å². The molecular weight excluding hydrogens is 537 g/mol. The lowest BCUT2D eigenvalue weighted by Gasteiger charge is -2.24. The van der Waals surface area contributed by atoms with Crippen LogP contribution in [0, 0.1) is 0 Å². The Morgan fingerprint density at radius 1 is 1.00 bits per heavy atom. The molecule has 1 aliphatic heterocycles. The van der Waals surface area contributed by atoms with Crippen LogP contribution in [0.2, 0.25) is 0 Å². The molecule has 1 fully saturated rings. The number of halogens is 3. The quantitative estimate of drug-likeness (QED) is 0.223. The highest BCUT2D eigenvalue weighted by molar-refractivity contribution is 8.00. The van der Waals surface area contributed by atoms with Crippen LogP contribution in [0.15, 0.2) is 71.6 Å². The first-order valence-corrected chi connectivity index (χ1v) is 12.5. The smallest absolute Gasteiger partial charge is 0.446 e. The number of benzene rings is 3. The number of hydroxylamine groups is 1. The lowest BCUT2D eigenvalue weighted by Crippen LogP contribution is -2.45. The molecule has 4 rings (SSSR count). The maximum atomic E-state index is 13.5. The van der Waals surface area contributed by atoms with Crippen LogP contribution in [0.3, 0.4) is 0 Å². The molecule has 0 radical (unpaired) electrons. The molecule has 0 aliphatic carbocycles. The van der Waals surface area contributed by atoms with Crippen LogP contribution in [0.4, 0.5) is 13.2 Å². The number of amides is 2. The number of thioether (sulfide) groups is 1. The third kappa shape index (κ3) is 6.58. The van der Waals surface area contributed by atoms with Gasteiger partial charge in [-0.25, -0.2) is 5.48 Å². The van der Waals surface area contributed by atoms with Crippen molar-refractivity contribution in [3.05, 3.63) is 72.3 Å². The second-order valence-electron chi connectivity index (χ2n) is 8.57. The van der Waals surface area contributed by atoms with Crippen molar-refractivity contribution in [1.29, 1.82) is 0 Å². The molecule has 2 amide bonds. The van der Waals surface area contributed by atoms with E-state index in [0.717, 1.165) is 22.1 Å². The van der Waals surface area contributed by atoms with E-state index in [0.29, 0.717) is 5.75 Å². The Labute approximate surface area is 226 Å². The maximum absolute atomic E-state index is 13.5. The lowest BCUT2D eigenvalue weighted by atomic mass is 10.1. The van der Waals surface area contributed by atoms with Gasteiger partial charge in [-0.3, -0.25) is 14.8 Å². The number of hydrogen-bond acceptors (Lipinski definition) is 7. The Kier molecular flexibility index (Phi) is 8.56. The summed E-state index contributed by atoms with van der Waals surface area (Å²) < 4.78 is 55.9. The normalized spacial score (nSPS) is 17.0. The SMILES string of the molecule is COc1cc(C(=O)N2C[C@H](Oc3ccc(-c4ccccc4)cc3)C[C@@H]2C(=O)NO)cc(SC(F)(F)F)c1OC. The number of hydrogen-bond donors (Lipinski definition) is 2. The molecule has 8 nitrogen and oxygen atoms in total. The Hall–Kier alpha value is -3.90. The average Bonchev–Trinajstić information content (AvgIpc) is 3.35. The van der Waals surface area contributed by atoms with E-state index < -0.39 is 41.2 Å². The van der Waals surface area contributed by atoms with Gasteiger partial charge in [-0.2, -0.15) is 13.2 Å². The van der Waals surface area contributed by atoms with Gasteiger partial charge in [0.2, 0.25) is 0 Å². The number of likely N-dealkylation sites (tertiary alicyclic amines) is 1.